The fourth-order valence-corrected chi connectivity index (χ4v) is 2.30. The average Bonchev–Trinajstić information content (AvgIpc) is 3.01. The van der Waals surface area contributed by atoms with Crippen molar-refractivity contribution in [3.05, 3.63) is 47.0 Å². The smallest absolute Gasteiger partial charge is 0.176 e. The van der Waals surface area contributed by atoms with Crippen LogP contribution in [-0.4, -0.2) is 29.8 Å². The molecule has 0 aliphatic heterocycles. The van der Waals surface area contributed by atoms with Crippen LogP contribution in [0.2, 0.25) is 0 Å². The van der Waals surface area contributed by atoms with Gasteiger partial charge in [-0.1, -0.05) is 0 Å². The Bertz CT molecular complexity index is 783. The molecule has 0 atom stereocenters. The Balaban J connectivity index is 1.72. The van der Waals surface area contributed by atoms with Crippen LogP contribution in [0.15, 0.2) is 24.4 Å². The van der Waals surface area contributed by atoms with Crippen molar-refractivity contribution in [1.29, 1.82) is 0 Å². The van der Waals surface area contributed by atoms with Crippen molar-refractivity contribution in [1.82, 2.24) is 29.8 Å². The van der Waals surface area contributed by atoms with Gasteiger partial charge in [0.2, 0.25) is 0 Å². The molecule has 114 valence electrons. The maximum absolute atomic E-state index is 4.40. The maximum atomic E-state index is 4.40. The molecule has 22 heavy (non-hydrogen) atoms. The van der Waals surface area contributed by atoms with Crippen LogP contribution < -0.4 is 5.32 Å². The summed E-state index contributed by atoms with van der Waals surface area (Å²) in [4.78, 5) is 0. The van der Waals surface area contributed by atoms with E-state index in [1.807, 2.05) is 56.9 Å². The highest BCUT2D eigenvalue weighted by molar-refractivity contribution is 5.38. The minimum Gasteiger partial charge on any atom is -0.364 e. The monoisotopic (exact) mass is 297 g/mol. The molecule has 0 fully saturated rings. The molecule has 7 nitrogen and oxygen atoms in total. The highest BCUT2D eigenvalue weighted by atomic mass is 15.4. The Labute approximate surface area is 129 Å². The molecule has 3 aromatic heterocycles. The third-order valence-electron chi connectivity index (χ3n) is 3.67. The third kappa shape index (κ3) is 2.69. The first-order chi connectivity index (χ1) is 10.5. The molecule has 7 heteroatoms. The summed E-state index contributed by atoms with van der Waals surface area (Å²) in [5.74, 6) is 1.45. The van der Waals surface area contributed by atoms with E-state index in [2.05, 4.69) is 25.7 Å². The highest BCUT2D eigenvalue weighted by Gasteiger charge is 2.07. The predicted octanol–water partition coefficient (Wildman–Crippen LogP) is 1.93. The molecule has 0 aromatic carbocycles. The Hall–Kier alpha value is -2.70. The van der Waals surface area contributed by atoms with Crippen LogP contribution >= 0.6 is 0 Å². The van der Waals surface area contributed by atoms with Gasteiger partial charge < -0.3 is 5.32 Å². The summed E-state index contributed by atoms with van der Waals surface area (Å²) in [7, 11) is 1.93. The van der Waals surface area contributed by atoms with Gasteiger partial charge in [0, 0.05) is 30.5 Å². The molecule has 0 radical (unpaired) electrons. The van der Waals surface area contributed by atoms with E-state index in [1.165, 1.54) is 0 Å². The van der Waals surface area contributed by atoms with Crippen LogP contribution in [0.1, 0.15) is 22.6 Å². The van der Waals surface area contributed by atoms with E-state index in [0.717, 1.165) is 28.5 Å². The second kappa shape index (κ2) is 5.59. The minimum absolute atomic E-state index is 0.674. The molecule has 0 aliphatic carbocycles. The number of nitrogens with zero attached hydrogens (tertiary/aromatic N) is 6. The molecule has 1 N–H and O–H groups in total. The lowest BCUT2D eigenvalue weighted by Gasteiger charge is -2.06. The third-order valence-corrected chi connectivity index (χ3v) is 3.67. The van der Waals surface area contributed by atoms with Gasteiger partial charge in [-0.3, -0.25) is 4.68 Å². The average molecular weight is 297 g/mol. The van der Waals surface area contributed by atoms with Gasteiger partial charge in [0.05, 0.1) is 11.9 Å². The summed E-state index contributed by atoms with van der Waals surface area (Å²) in [5, 5.41) is 20.3. The van der Waals surface area contributed by atoms with Gasteiger partial charge in [0.1, 0.15) is 5.82 Å². The SMILES string of the molecule is Cc1cc(C)n(-c2ccc(NCc3cnn(C)c3C)nn2)n1. The van der Waals surface area contributed by atoms with Crippen LogP contribution in [0.4, 0.5) is 5.82 Å². The largest absolute Gasteiger partial charge is 0.364 e. The van der Waals surface area contributed by atoms with E-state index in [1.54, 1.807) is 4.68 Å². The molecule has 0 saturated heterocycles. The zero-order valence-corrected chi connectivity index (χ0v) is 13.2. The molecule has 0 bridgehead atoms. The molecule has 3 heterocycles. The number of nitrogens with one attached hydrogen (secondary N) is 1. The summed E-state index contributed by atoms with van der Waals surface area (Å²) in [5.41, 5.74) is 4.29. The van der Waals surface area contributed by atoms with Gasteiger partial charge >= 0.3 is 0 Å². The molecular weight excluding hydrogens is 278 g/mol. The van der Waals surface area contributed by atoms with Gasteiger partial charge in [-0.05, 0) is 39.0 Å². The first kappa shape index (κ1) is 14.2. The molecule has 0 saturated carbocycles. The van der Waals surface area contributed by atoms with E-state index < -0.39 is 0 Å². The van der Waals surface area contributed by atoms with Crippen LogP contribution in [0.25, 0.3) is 5.82 Å². The van der Waals surface area contributed by atoms with Crippen molar-refractivity contribution in [2.45, 2.75) is 27.3 Å². The first-order valence-corrected chi connectivity index (χ1v) is 7.13. The number of hydrogen-bond donors (Lipinski definition) is 1. The maximum Gasteiger partial charge on any atom is 0.176 e. The van der Waals surface area contributed by atoms with E-state index >= 15 is 0 Å². The van der Waals surface area contributed by atoms with E-state index in [9.17, 15) is 0 Å². The Kier molecular flexibility index (Phi) is 3.62. The zero-order chi connectivity index (χ0) is 15.7. The molecule has 0 spiro atoms. The Morgan fingerprint density at radius 3 is 2.50 bits per heavy atom. The number of aromatic nitrogens is 6. The zero-order valence-electron chi connectivity index (χ0n) is 13.2. The summed E-state index contributed by atoms with van der Waals surface area (Å²) in [6.45, 7) is 6.68. The molecule has 0 amide bonds. The fourth-order valence-electron chi connectivity index (χ4n) is 2.30. The predicted molar refractivity (Wildman–Crippen MR) is 83.9 cm³/mol. The fraction of sp³-hybridized carbons (Fsp3) is 0.333. The number of rotatable bonds is 4. The second-order valence-corrected chi connectivity index (χ2v) is 5.35. The van der Waals surface area contributed by atoms with Crippen LogP contribution in [0, 0.1) is 20.8 Å². The van der Waals surface area contributed by atoms with E-state index in [-0.39, 0.29) is 0 Å². The Morgan fingerprint density at radius 1 is 1.14 bits per heavy atom. The van der Waals surface area contributed by atoms with Crippen molar-refractivity contribution in [2.75, 3.05) is 5.32 Å². The van der Waals surface area contributed by atoms with Crippen molar-refractivity contribution >= 4 is 5.82 Å². The number of aryl methyl sites for hydroxylation is 3. The highest BCUT2D eigenvalue weighted by Crippen LogP contribution is 2.12. The van der Waals surface area contributed by atoms with Gasteiger partial charge in [0.15, 0.2) is 5.82 Å². The Morgan fingerprint density at radius 2 is 1.95 bits per heavy atom. The van der Waals surface area contributed by atoms with E-state index in [4.69, 9.17) is 0 Å². The summed E-state index contributed by atoms with van der Waals surface area (Å²) < 4.78 is 3.64. The molecule has 3 rings (SSSR count). The standard InChI is InChI=1S/C15H19N7/c1-10-7-11(2)22(20-10)15-6-5-14(18-19-15)16-8-13-9-17-21(4)12(13)3/h5-7,9H,8H2,1-4H3,(H,16,18). The van der Waals surface area contributed by atoms with Crippen LogP contribution in [0.5, 0.6) is 0 Å². The lowest BCUT2D eigenvalue weighted by atomic mass is 10.2. The summed E-state index contributed by atoms with van der Waals surface area (Å²) >= 11 is 0. The number of anilines is 1. The van der Waals surface area contributed by atoms with Crippen LogP contribution in [0.3, 0.4) is 0 Å². The van der Waals surface area contributed by atoms with Gasteiger partial charge in [-0.2, -0.15) is 10.2 Å². The van der Waals surface area contributed by atoms with Crippen molar-refractivity contribution < 1.29 is 0 Å². The van der Waals surface area contributed by atoms with E-state index in [0.29, 0.717) is 12.4 Å². The van der Waals surface area contributed by atoms with Crippen LogP contribution in [-0.2, 0) is 13.6 Å². The lowest BCUT2D eigenvalue weighted by molar-refractivity contribution is 0.738. The number of hydrogen-bond acceptors (Lipinski definition) is 5. The minimum atomic E-state index is 0.674. The van der Waals surface area contributed by atoms with Gasteiger partial charge in [0.25, 0.3) is 0 Å². The van der Waals surface area contributed by atoms with Crippen molar-refractivity contribution in [3.63, 3.8) is 0 Å². The summed E-state index contributed by atoms with van der Waals surface area (Å²) in [6, 6.07) is 5.83. The quantitative estimate of drug-likeness (QED) is 0.796. The lowest BCUT2D eigenvalue weighted by Crippen LogP contribution is -2.07. The van der Waals surface area contributed by atoms with Crippen molar-refractivity contribution in [2.24, 2.45) is 7.05 Å². The van der Waals surface area contributed by atoms with Gasteiger partial charge in [-0.15, -0.1) is 10.2 Å². The molecular formula is C15H19N7. The normalized spacial score (nSPS) is 10.9. The molecule has 0 aliphatic rings. The topological polar surface area (TPSA) is 73.5 Å². The second-order valence-electron chi connectivity index (χ2n) is 5.35. The van der Waals surface area contributed by atoms with Crippen molar-refractivity contribution in [3.8, 4) is 5.82 Å². The molecule has 0 unspecified atom stereocenters. The van der Waals surface area contributed by atoms with Gasteiger partial charge in [-0.25, -0.2) is 4.68 Å². The molecule has 3 aromatic rings. The summed E-state index contributed by atoms with van der Waals surface area (Å²) in [6.07, 6.45) is 1.86. The first-order valence-electron chi connectivity index (χ1n) is 7.13.